The molecule has 1 heterocycles. The van der Waals surface area contributed by atoms with Crippen molar-refractivity contribution in [1.82, 2.24) is 10.2 Å². The van der Waals surface area contributed by atoms with Gasteiger partial charge in [0.1, 0.15) is 0 Å². The van der Waals surface area contributed by atoms with Crippen LogP contribution in [0.25, 0.3) is 0 Å². The lowest BCUT2D eigenvalue weighted by atomic mass is 9.96. The maximum Gasteiger partial charge on any atom is 0.317 e. The van der Waals surface area contributed by atoms with Gasteiger partial charge in [0.05, 0.1) is 0 Å². The van der Waals surface area contributed by atoms with Crippen molar-refractivity contribution in [2.75, 3.05) is 13.1 Å². The maximum absolute atomic E-state index is 12.2. The lowest BCUT2D eigenvalue weighted by molar-refractivity contribution is -0.137. The zero-order chi connectivity index (χ0) is 15.7. The summed E-state index contributed by atoms with van der Waals surface area (Å²) in [6.07, 6.45) is 7.40. The standard InChI is InChI=1S/C16H30N2O3/c1-3-6-14-8-5-11-18(12-10-14)16(21)17-13(2)7-4-9-15(19)20/h13-14H,3-12H2,1-2H3,(H,17,21)(H,19,20). The minimum Gasteiger partial charge on any atom is -0.481 e. The monoisotopic (exact) mass is 298 g/mol. The first-order chi connectivity index (χ1) is 10.0. The van der Waals surface area contributed by atoms with E-state index in [4.69, 9.17) is 5.11 Å². The van der Waals surface area contributed by atoms with Crippen LogP contribution in [0, 0.1) is 5.92 Å². The van der Waals surface area contributed by atoms with Crippen LogP contribution in [0.1, 0.15) is 65.2 Å². The Morgan fingerprint density at radius 2 is 2.10 bits per heavy atom. The van der Waals surface area contributed by atoms with E-state index in [9.17, 15) is 9.59 Å². The van der Waals surface area contributed by atoms with Crippen LogP contribution in [-0.2, 0) is 4.79 Å². The van der Waals surface area contributed by atoms with Gasteiger partial charge in [0.25, 0.3) is 0 Å². The number of nitrogens with one attached hydrogen (secondary N) is 1. The van der Waals surface area contributed by atoms with Crippen molar-refractivity contribution in [3.8, 4) is 0 Å². The third-order valence-corrected chi connectivity index (χ3v) is 4.23. The number of likely N-dealkylation sites (tertiary alicyclic amines) is 1. The summed E-state index contributed by atoms with van der Waals surface area (Å²) in [5.41, 5.74) is 0. The summed E-state index contributed by atoms with van der Waals surface area (Å²) in [4.78, 5) is 24.6. The predicted octanol–water partition coefficient (Wildman–Crippen LogP) is 3.24. The van der Waals surface area contributed by atoms with Crippen LogP contribution in [-0.4, -0.2) is 41.1 Å². The van der Waals surface area contributed by atoms with Gasteiger partial charge in [0.15, 0.2) is 0 Å². The second-order valence-corrected chi connectivity index (χ2v) is 6.21. The smallest absolute Gasteiger partial charge is 0.317 e. The van der Waals surface area contributed by atoms with Crippen LogP contribution in [0.2, 0.25) is 0 Å². The first-order valence-corrected chi connectivity index (χ1v) is 8.30. The Morgan fingerprint density at radius 3 is 2.76 bits per heavy atom. The number of carbonyl (C=O) groups is 2. The van der Waals surface area contributed by atoms with Gasteiger partial charge < -0.3 is 15.3 Å². The van der Waals surface area contributed by atoms with Crippen molar-refractivity contribution in [3.05, 3.63) is 0 Å². The molecule has 0 aromatic heterocycles. The number of nitrogens with zero attached hydrogens (tertiary/aromatic N) is 1. The molecular weight excluding hydrogens is 268 g/mol. The first-order valence-electron chi connectivity index (χ1n) is 8.30. The van der Waals surface area contributed by atoms with E-state index in [-0.39, 0.29) is 18.5 Å². The molecule has 0 saturated carbocycles. The van der Waals surface area contributed by atoms with Crippen LogP contribution in [0.5, 0.6) is 0 Å². The maximum atomic E-state index is 12.2. The minimum atomic E-state index is -0.775. The molecule has 2 unspecified atom stereocenters. The molecule has 5 heteroatoms. The zero-order valence-corrected chi connectivity index (χ0v) is 13.4. The molecule has 0 bridgehead atoms. The van der Waals surface area contributed by atoms with Crippen LogP contribution in [0.3, 0.4) is 0 Å². The summed E-state index contributed by atoms with van der Waals surface area (Å²) < 4.78 is 0. The minimum absolute atomic E-state index is 0.00923. The zero-order valence-electron chi connectivity index (χ0n) is 13.4. The Morgan fingerprint density at radius 1 is 1.33 bits per heavy atom. The predicted molar refractivity (Wildman–Crippen MR) is 83.3 cm³/mol. The molecule has 0 aliphatic carbocycles. The average molecular weight is 298 g/mol. The third kappa shape index (κ3) is 7.34. The molecule has 1 fully saturated rings. The van der Waals surface area contributed by atoms with E-state index < -0.39 is 5.97 Å². The number of rotatable bonds is 7. The van der Waals surface area contributed by atoms with Gasteiger partial charge in [-0.3, -0.25) is 4.79 Å². The summed E-state index contributed by atoms with van der Waals surface area (Å²) in [5.74, 6) is -0.0104. The number of amides is 2. The Bertz CT molecular complexity index is 333. The first kappa shape index (κ1) is 17.8. The van der Waals surface area contributed by atoms with Crippen molar-refractivity contribution in [2.24, 2.45) is 5.92 Å². The second-order valence-electron chi connectivity index (χ2n) is 6.21. The van der Waals surface area contributed by atoms with Gasteiger partial charge in [0.2, 0.25) is 0 Å². The Kier molecular flexibility index (Phi) is 8.16. The van der Waals surface area contributed by atoms with Crippen molar-refractivity contribution >= 4 is 12.0 Å². The van der Waals surface area contributed by atoms with Crippen LogP contribution < -0.4 is 5.32 Å². The van der Waals surface area contributed by atoms with E-state index in [1.54, 1.807) is 0 Å². The molecule has 1 aliphatic heterocycles. The highest BCUT2D eigenvalue weighted by Gasteiger charge is 2.21. The summed E-state index contributed by atoms with van der Waals surface area (Å²) >= 11 is 0. The van der Waals surface area contributed by atoms with E-state index in [0.29, 0.717) is 12.8 Å². The highest BCUT2D eigenvalue weighted by atomic mass is 16.4. The lowest BCUT2D eigenvalue weighted by Gasteiger charge is -2.24. The molecule has 0 aromatic carbocycles. The molecule has 5 nitrogen and oxygen atoms in total. The number of carbonyl (C=O) groups excluding carboxylic acids is 1. The fourth-order valence-electron chi connectivity index (χ4n) is 3.00. The van der Waals surface area contributed by atoms with E-state index in [0.717, 1.165) is 31.8 Å². The lowest BCUT2D eigenvalue weighted by Crippen LogP contribution is -2.44. The number of aliphatic carboxylic acids is 1. The third-order valence-electron chi connectivity index (χ3n) is 4.23. The second kappa shape index (κ2) is 9.64. The van der Waals surface area contributed by atoms with Crippen molar-refractivity contribution < 1.29 is 14.7 Å². The highest BCUT2D eigenvalue weighted by Crippen LogP contribution is 2.21. The van der Waals surface area contributed by atoms with Gasteiger partial charge in [0, 0.05) is 25.6 Å². The van der Waals surface area contributed by atoms with Crippen LogP contribution in [0.15, 0.2) is 0 Å². The van der Waals surface area contributed by atoms with E-state index in [2.05, 4.69) is 12.2 Å². The molecule has 1 saturated heterocycles. The molecule has 0 spiro atoms. The number of urea groups is 1. The SMILES string of the molecule is CCCC1CCCN(C(=O)NC(C)CCCC(=O)O)CC1. The summed E-state index contributed by atoms with van der Waals surface area (Å²) in [5, 5.41) is 11.6. The molecule has 122 valence electrons. The molecular formula is C16H30N2O3. The van der Waals surface area contributed by atoms with Crippen LogP contribution in [0.4, 0.5) is 4.79 Å². The number of carboxylic acid groups (broad SMARTS) is 1. The molecule has 2 amide bonds. The van der Waals surface area contributed by atoms with E-state index in [1.165, 1.54) is 19.3 Å². The Hall–Kier alpha value is -1.26. The van der Waals surface area contributed by atoms with E-state index >= 15 is 0 Å². The largest absolute Gasteiger partial charge is 0.481 e. The fourth-order valence-corrected chi connectivity index (χ4v) is 3.00. The van der Waals surface area contributed by atoms with Gasteiger partial charge in [-0.25, -0.2) is 4.79 Å². The van der Waals surface area contributed by atoms with Crippen molar-refractivity contribution in [1.29, 1.82) is 0 Å². The molecule has 1 rings (SSSR count). The topological polar surface area (TPSA) is 69.6 Å². The number of hydrogen-bond donors (Lipinski definition) is 2. The van der Waals surface area contributed by atoms with E-state index in [1.807, 2.05) is 11.8 Å². The van der Waals surface area contributed by atoms with Gasteiger partial charge in [-0.15, -0.1) is 0 Å². The Labute approximate surface area is 128 Å². The summed E-state index contributed by atoms with van der Waals surface area (Å²) in [6, 6.07) is 0.0431. The molecule has 2 N–H and O–H groups in total. The molecule has 21 heavy (non-hydrogen) atoms. The van der Waals surface area contributed by atoms with Gasteiger partial charge in [-0.1, -0.05) is 19.8 Å². The van der Waals surface area contributed by atoms with Crippen molar-refractivity contribution in [3.63, 3.8) is 0 Å². The van der Waals surface area contributed by atoms with Gasteiger partial charge in [-0.2, -0.15) is 0 Å². The number of hydrogen-bond acceptors (Lipinski definition) is 2. The van der Waals surface area contributed by atoms with Crippen LogP contribution >= 0.6 is 0 Å². The normalized spacial score (nSPS) is 20.7. The Balaban J connectivity index is 2.29. The molecule has 1 aliphatic rings. The van der Waals surface area contributed by atoms with Gasteiger partial charge in [-0.05, 0) is 44.9 Å². The highest BCUT2D eigenvalue weighted by molar-refractivity contribution is 5.74. The summed E-state index contributed by atoms with van der Waals surface area (Å²) in [6.45, 7) is 5.85. The molecule has 0 aromatic rings. The van der Waals surface area contributed by atoms with Crippen molar-refractivity contribution in [2.45, 2.75) is 71.3 Å². The summed E-state index contributed by atoms with van der Waals surface area (Å²) in [7, 11) is 0. The molecule has 2 atom stereocenters. The average Bonchev–Trinajstić information content (AvgIpc) is 2.64. The quantitative estimate of drug-likeness (QED) is 0.758. The molecule has 0 radical (unpaired) electrons. The fraction of sp³-hybridized carbons (Fsp3) is 0.875. The number of carboxylic acids is 1. The van der Waals surface area contributed by atoms with Gasteiger partial charge >= 0.3 is 12.0 Å².